The van der Waals surface area contributed by atoms with E-state index in [0.29, 0.717) is 12.5 Å². The zero-order valence-electron chi connectivity index (χ0n) is 8.83. The summed E-state index contributed by atoms with van der Waals surface area (Å²) in [5, 5.41) is 0. The van der Waals surface area contributed by atoms with E-state index in [1.54, 1.807) is 0 Å². The van der Waals surface area contributed by atoms with Crippen LogP contribution in [0, 0.1) is 11.8 Å². The molecule has 0 saturated heterocycles. The quantitative estimate of drug-likeness (QED) is 0.379. The van der Waals surface area contributed by atoms with Gasteiger partial charge in [-0.15, -0.1) is 0 Å². The van der Waals surface area contributed by atoms with Gasteiger partial charge in [-0.1, -0.05) is 27.7 Å². The zero-order chi connectivity index (χ0) is 10.4. The predicted octanol–water partition coefficient (Wildman–Crippen LogP) is 0.673. The average Bonchev–Trinajstić information content (AvgIpc) is 2.03. The second-order valence-corrected chi connectivity index (χ2v) is 3.90. The van der Waals surface area contributed by atoms with Crippen LogP contribution in [0.25, 0.3) is 0 Å². The van der Waals surface area contributed by atoms with Gasteiger partial charge in [0, 0.05) is 6.61 Å². The zero-order valence-corrected chi connectivity index (χ0v) is 8.83. The standard InChI is InChI=1S/C9H20N2O2/c1-6(2)5-13-8(7(3)4)9(12)11-10/h6-8H,5,10H2,1-4H3,(H,11,12). The fourth-order valence-electron chi connectivity index (χ4n) is 0.949. The maximum atomic E-state index is 11.2. The lowest BCUT2D eigenvalue weighted by Crippen LogP contribution is -2.43. The molecule has 78 valence electrons. The summed E-state index contributed by atoms with van der Waals surface area (Å²) in [6.07, 6.45) is -0.438. The molecule has 3 N–H and O–H groups in total. The van der Waals surface area contributed by atoms with E-state index in [1.165, 1.54) is 0 Å². The first-order valence-corrected chi connectivity index (χ1v) is 4.61. The summed E-state index contributed by atoms with van der Waals surface area (Å²) in [6.45, 7) is 8.52. The molecule has 4 nitrogen and oxygen atoms in total. The Morgan fingerprint density at radius 3 is 2.23 bits per heavy atom. The van der Waals surface area contributed by atoms with Crippen molar-refractivity contribution in [2.75, 3.05) is 6.61 Å². The Morgan fingerprint density at radius 1 is 1.38 bits per heavy atom. The van der Waals surface area contributed by atoms with Crippen LogP contribution in [0.15, 0.2) is 0 Å². The molecular weight excluding hydrogens is 168 g/mol. The first-order valence-electron chi connectivity index (χ1n) is 4.61. The summed E-state index contributed by atoms with van der Waals surface area (Å²) < 4.78 is 5.43. The van der Waals surface area contributed by atoms with E-state index >= 15 is 0 Å². The Hall–Kier alpha value is -0.610. The summed E-state index contributed by atoms with van der Waals surface area (Å²) >= 11 is 0. The van der Waals surface area contributed by atoms with E-state index in [4.69, 9.17) is 10.6 Å². The second kappa shape index (κ2) is 5.94. The normalized spacial score (nSPS) is 13.5. The van der Waals surface area contributed by atoms with Crippen molar-refractivity contribution >= 4 is 5.91 Å². The molecule has 4 heteroatoms. The van der Waals surface area contributed by atoms with Crippen LogP contribution in [-0.2, 0) is 9.53 Å². The number of hydrogen-bond acceptors (Lipinski definition) is 3. The van der Waals surface area contributed by atoms with E-state index in [-0.39, 0.29) is 11.8 Å². The molecule has 0 aromatic rings. The second-order valence-electron chi connectivity index (χ2n) is 3.90. The van der Waals surface area contributed by atoms with Crippen LogP contribution < -0.4 is 11.3 Å². The summed E-state index contributed by atoms with van der Waals surface area (Å²) in [5.74, 6) is 5.35. The van der Waals surface area contributed by atoms with Crippen LogP contribution in [0.3, 0.4) is 0 Å². The highest BCUT2D eigenvalue weighted by Crippen LogP contribution is 2.08. The molecule has 1 atom stereocenters. The smallest absolute Gasteiger partial charge is 0.263 e. The highest BCUT2D eigenvalue weighted by Gasteiger charge is 2.22. The van der Waals surface area contributed by atoms with Gasteiger partial charge in [-0.2, -0.15) is 0 Å². The minimum Gasteiger partial charge on any atom is -0.368 e. The van der Waals surface area contributed by atoms with Crippen LogP contribution in [0.4, 0.5) is 0 Å². The van der Waals surface area contributed by atoms with Crippen molar-refractivity contribution in [3.05, 3.63) is 0 Å². The van der Waals surface area contributed by atoms with Crippen molar-refractivity contribution in [3.63, 3.8) is 0 Å². The topological polar surface area (TPSA) is 64.3 Å². The Bertz CT molecular complexity index is 158. The molecule has 1 amide bonds. The number of carbonyl (C=O) groups is 1. The third-order valence-corrected chi connectivity index (χ3v) is 1.62. The maximum absolute atomic E-state index is 11.2. The molecule has 0 aliphatic carbocycles. The molecule has 0 aliphatic heterocycles. The van der Waals surface area contributed by atoms with E-state index in [1.807, 2.05) is 27.7 Å². The molecule has 0 fully saturated rings. The van der Waals surface area contributed by atoms with Crippen molar-refractivity contribution in [3.8, 4) is 0 Å². The fraction of sp³-hybridized carbons (Fsp3) is 0.889. The average molecular weight is 188 g/mol. The van der Waals surface area contributed by atoms with Gasteiger partial charge in [-0.25, -0.2) is 5.84 Å². The first kappa shape index (κ1) is 12.4. The van der Waals surface area contributed by atoms with Crippen LogP contribution in [-0.4, -0.2) is 18.6 Å². The van der Waals surface area contributed by atoms with Crippen molar-refractivity contribution < 1.29 is 9.53 Å². The third-order valence-electron chi connectivity index (χ3n) is 1.62. The number of hydrazine groups is 1. The molecule has 0 aromatic heterocycles. The number of nitrogens with one attached hydrogen (secondary N) is 1. The largest absolute Gasteiger partial charge is 0.368 e. The number of hydrogen-bond donors (Lipinski definition) is 2. The van der Waals surface area contributed by atoms with Crippen molar-refractivity contribution in [1.82, 2.24) is 5.43 Å². The monoisotopic (exact) mass is 188 g/mol. The van der Waals surface area contributed by atoms with Gasteiger partial charge in [0.2, 0.25) is 0 Å². The van der Waals surface area contributed by atoms with Crippen molar-refractivity contribution in [2.45, 2.75) is 33.8 Å². The summed E-state index contributed by atoms with van der Waals surface area (Å²) in [5.41, 5.74) is 2.11. The van der Waals surface area contributed by atoms with Gasteiger partial charge in [0.05, 0.1) is 0 Å². The summed E-state index contributed by atoms with van der Waals surface area (Å²) in [6, 6.07) is 0. The van der Waals surface area contributed by atoms with Gasteiger partial charge in [-0.3, -0.25) is 10.2 Å². The van der Waals surface area contributed by atoms with Crippen molar-refractivity contribution in [2.24, 2.45) is 17.7 Å². The lowest BCUT2D eigenvalue weighted by atomic mass is 10.1. The SMILES string of the molecule is CC(C)COC(C(=O)NN)C(C)C. The van der Waals surface area contributed by atoms with Gasteiger partial charge in [0.25, 0.3) is 5.91 Å². The van der Waals surface area contributed by atoms with E-state index in [0.717, 1.165) is 0 Å². The molecule has 0 aliphatic rings. The molecule has 0 bridgehead atoms. The molecule has 0 heterocycles. The third kappa shape index (κ3) is 4.85. The van der Waals surface area contributed by atoms with Gasteiger partial charge < -0.3 is 4.74 Å². The number of ether oxygens (including phenoxy) is 1. The molecule has 0 rings (SSSR count). The van der Waals surface area contributed by atoms with Crippen LogP contribution in [0.1, 0.15) is 27.7 Å². The first-order chi connectivity index (χ1) is 5.99. The van der Waals surface area contributed by atoms with Gasteiger partial charge in [0.1, 0.15) is 6.10 Å². The van der Waals surface area contributed by atoms with Crippen LogP contribution in [0.2, 0.25) is 0 Å². The Balaban J connectivity index is 4.03. The highest BCUT2D eigenvalue weighted by molar-refractivity contribution is 5.80. The maximum Gasteiger partial charge on any atom is 0.263 e. The number of carbonyl (C=O) groups excluding carboxylic acids is 1. The van der Waals surface area contributed by atoms with Crippen molar-refractivity contribution in [1.29, 1.82) is 0 Å². The van der Waals surface area contributed by atoms with E-state index < -0.39 is 6.10 Å². The minimum absolute atomic E-state index is 0.141. The minimum atomic E-state index is -0.438. The lowest BCUT2D eigenvalue weighted by molar-refractivity contribution is -0.136. The van der Waals surface area contributed by atoms with Crippen LogP contribution in [0.5, 0.6) is 0 Å². The molecule has 13 heavy (non-hydrogen) atoms. The molecule has 0 saturated carbocycles. The number of rotatable bonds is 5. The molecule has 1 unspecified atom stereocenters. The Morgan fingerprint density at radius 2 is 1.92 bits per heavy atom. The predicted molar refractivity (Wildman–Crippen MR) is 51.7 cm³/mol. The molecule has 0 aromatic carbocycles. The molecule has 0 spiro atoms. The lowest BCUT2D eigenvalue weighted by Gasteiger charge is -2.20. The Kier molecular flexibility index (Phi) is 5.66. The van der Waals surface area contributed by atoms with Gasteiger partial charge in [0.15, 0.2) is 0 Å². The summed E-state index contributed by atoms with van der Waals surface area (Å²) in [4.78, 5) is 11.2. The molecule has 0 radical (unpaired) electrons. The Labute approximate surface area is 79.8 Å². The number of nitrogens with two attached hydrogens (primary N) is 1. The van der Waals surface area contributed by atoms with E-state index in [2.05, 4.69) is 5.43 Å². The van der Waals surface area contributed by atoms with Gasteiger partial charge in [-0.05, 0) is 11.8 Å². The highest BCUT2D eigenvalue weighted by atomic mass is 16.5. The fourth-order valence-corrected chi connectivity index (χ4v) is 0.949. The van der Waals surface area contributed by atoms with Gasteiger partial charge >= 0.3 is 0 Å². The van der Waals surface area contributed by atoms with E-state index in [9.17, 15) is 4.79 Å². The van der Waals surface area contributed by atoms with Crippen LogP contribution >= 0.6 is 0 Å². The number of amides is 1. The summed E-state index contributed by atoms with van der Waals surface area (Å²) in [7, 11) is 0. The molecular formula is C9H20N2O2.